The van der Waals surface area contributed by atoms with Crippen molar-refractivity contribution in [2.45, 2.75) is 39.4 Å². The fourth-order valence-corrected chi connectivity index (χ4v) is 3.83. The Bertz CT molecular complexity index is 1280. The number of aromatic nitrogens is 2. The van der Waals surface area contributed by atoms with Gasteiger partial charge in [-0.15, -0.1) is 0 Å². The van der Waals surface area contributed by atoms with Crippen LogP contribution in [0.4, 0.5) is 10.1 Å². The third kappa shape index (κ3) is 4.28. The lowest BCUT2D eigenvalue weighted by atomic mass is 9.96. The van der Waals surface area contributed by atoms with Gasteiger partial charge >= 0.3 is 0 Å². The second-order valence-electron chi connectivity index (χ2n) is 8.77. The standard InChI is InChI=1S/C25H26FN5O3/c1-15-5-10-19(11-16(15)2)28-22(32)20-12-21-23(33)30(4)25(3,14-31(21)29-20)24(34)27-13-17-6-8-18(26)9-7-17/h5-12H,13-14H2,1-4H3,(H,27,34)(H,28,32). The molecule has 0 bridgehead atoms. The first-order valence-corrected chi connectivity index (χ1v) is 10.9. The van der Waals surface area contributed by atoms with Crippen LogP contribution in [0.1, 0.15) is 44.6 Å². The minimum absolute atomic E-state index is 0.0801. The van der Waals surface area contributed by atoms with E-state index in [1.165, 1.54) is 27.8 Å². The lowest BCUT2D eigenvalue weighted by molar-refractivity contribution is -0.132. The smallest absolute Gasteiger partial charge is 0.276 e. The van der Waals surface area contributed by atoms with Gasteiger partial charge in [0, 0.05) is 25.3 Å². The highest BCUT2D eigenvalue weighted by Gasteiger charge is 2.46. The van der Waals surface area contributed by atoms with E-state index in [2.05, 4.69) is 15.7 Å². The van der Waals surface area contributed by atoms with Gasteiger partial charge in [0.15, 0.2) is 5.69 Å². The number of carbonyl (C=O) groups is 3. The molecule has 1 aromatic heterocycles. The van der Waals surface area contributed by atoms with Crippen LogP contribution in [0.2, 0.25) is 0 Å². The number of nitrogens with zero attached hydrogens (tertiary/aromatic N) is 3. The molecule has 4 rings (SSSR count). The van der Waals surface area contributed by atoms with Crippen molar-refractivity contribution in [3.63, 3.8) is 0 Å². The molecule has 0 aliphatic carbocycles. The molecule has 0 saturated heterocycles. The van der Waals surface area contributed by atoms with Gasteiger partial charge in [0.25, 0.3) is 11.8 Å². The van der Waals surface area contributed by atoms with E-state index in [0.29, 0.717) is 5.69 Å². The summed E-state index contributed by atoms with van der Waals surface area (Å²) in [4.78, 5) is 40.2. The number of carbonyl (C=O) groups excluding carboxylic acids is 3. The van der Waals surface area contributed by atoms with Gasteiger partial charge in [-0.25, -0.2) is 4.39 Å². The lowest BCUT2D eigenvalue weighted by Crippen LogP contribution is -2.62. The molecule has 9 heteroatoms. The van der Waals surface area contributed by atoms with E-state index in [0.717, 1.165) is 16.7 Å². The zero-order chi connectivity index (χ0) is 24.6. The number of halogens is 1. The van der Waals surface area contributed by atoms with E-state index in [-0.39, 0.29) is 36.2 Å². The molecule has 1 atom stereocenters. The maximum atomic E-state index is 13.1. The van der Waals surface area contributed by atoms with Crippen molar-refractivity contribution in [1.82, 2.24) is 20.0 Å². The Morgan fingerprint density at radius 2 is 1.79 bits per heavy atom. The summed E-state index contributed by atoms with van der Waals surface area (Å²) < 4.78 is 14.5. The number of nitrogens with one attached hydrogen (secondary N) is 2. The van der Waals surface area contributed by atoms with Gasteiger partial charge in [0.1, 0.15) is 17.1 Å². The van der Waals surface area contributed by atoms with Gasteiger partial charge in [0.2, 0.25) is 5.91 Å². The van der Waals surface area contributed by atoms with Crippen LogP contribution in [-0.2, 0) is 17.9 Å². The summed E-state index contributed by atoms with van der Waals surface area (Å²) in [5.74, 6) is -1.59. The van der Waals surface area contributed by atoms with E-state index < -0.39 is 17.4 Å². The Morgan fingerprint density at radius 3 is 2.47 bits per heavy atom. The number of likely N-dealkylation sites (N-methyl/N-ethyl adjacent to an activating group) is 1. The maximum Gasteiger partial charge on any atom is 0.276 e. The third-order valence-corrected chi connectivity index (χ3v) is 6.35. The molecule has 34 heavy (non-hydrogen) atoms. The van der Waals surface area contributed by atoms with Gasteiger partial charge in [0.05, 0.1) is 6.54 Å². The zero-order valence-electron chi connectivity index (χ0n) is 19.5. The first kappa shape index (κ1) is 23.2. The van der Waals surface area contributed by atoms with Crippen LogP contribution in [0.3, 0.4) is 0 Å². The molecular weight excluding hydrogens is 437 g/mol. The largest absolute Gasteiger partial charge is 0.350 e. The van der Waals surface area contributed by atoms with E-state index in [1.54, 1.807) is 32.2 Å². The fraction of sp³-hybridized carbons (Fsp3) is 0.280. The highest BCUT2D eigenvalue weighted by Crippen LogP contribution is 2.26. The molecule has 3 aromatic rings. The number of amides is 3. The topological polar surface area (TPSA) is 96.3 Å². The molecule has 8 nitrogen and oxygen atoms in total. The van der Waals surface area contributed by atoms with Gasteiger partial charge in [-0.2, -0.15) is 5.10 Å². The number of aryl methyl sites for hydroxylation is 2. The molecular formula is C25H26FN5O3. The summed E-state index contributed by atoms with van der Waals surface area (Å²) in [6.07, 6.45) is 0. The SMILES string of the molecule is Cc1ccc(NC(=O)c2cc3n(n2)CC(C)(C(=O)NCc2ccc(F)cc2)N(C)C3=O)cc1C. The summed E-state index contributed by atoms with van der Waals surface area (Å²) >= 11 is 0. The number of hydrogen-bond donors (Lipinski definition) is 2. The van der Waals surface area contributed by atoms with Crippen molar-refractivity contribution in [2.24, 2.45) is 0 Å². The molecule has 0 spiro atoms. The van der Waals surface area contributed by atoms with Crippen molar-refractivity contribution in [3.8, 4) is 0 Å². The number of benzene rings is 2. The fourth-order valence-electron chi connectivity index (χ4n) is 3.83. The Labute approximate surface area is 196 Å². The van der Waals surface area contributed by atoms with Gasteiger partial charge in [-0.3, -0.25) is 19.1 Å². The Morgan fingerprint density at radius 1 is 1.09 bits per heavy atom. The van der Waals surface area contributed by atoms with Crippen molar-refractivity contribution in [1.29, 1.82) is 0 Å². The highest BCUT2D eigenvalue weighted by atomic mass is 19.1. The van der Waals surface area contributed by atoms with Crippen molar-refractivity contribution in [3.05, 3.63) is 82.4 Å². The molecule has 1 aliphatic rings. The Hall–Kier alpha value is -4.01. The summed E-state index contributed by atoms with van der Waals surface area (Å²) in [5.41, 5.74) is 2.61. The van der Waals surface area contributed by atoms with Crippen LogP contribution in [-0.4, -0.2) is 45.0 Å². The van der Waals surface area contributed by atoms with Crippen LogP contribution >= 0.6 is 0 Å². The van der Waals surface area contributed by atoms with E-state index in [1.807, 2.05) is 26.0 Å². The van der Waals surface area contributed by atoms with Crippen LogP contribution in [0, 0.1) is 19.7 Å². The van der Waals surface area contributed by atoms with Crippen LogP contribution < -0.4 is 10.6 Å². The number of rotatable bonds is 5. The Balaban J connectivity index is 1.51. The first-order chi connectivity index (χ1) is 16.1. The molecule has 1 aliphatic heterocycles. The highest BCUT2D eigenvalue weighted by molar-refractivity contribution is 6.05. The van der Waals surface area contributed by atoms with Crippen molar-refractivity contribution in [2.75, 3.05) is 12.4 Å². The lowest BCUT2D eigenvalue weighted by Gasteiger charge is -2.40. The number of anilines is 1. The minimum Gasteiger partial charge on any atom is -0.350 e. The summed E-state index contributed by atoms with van der Waals surface area (Å²) in [5, 5.41) is 9.92. The quantitative estimate of drug-likeness (QED) is 0.608. The van der Waals surface area contributed by atoms with Gasteiger partial charge in [-0.05, 0) is 61.7 Å². The molecule has 2 heterocycles. The minimum atomic E-state index is -1.22. The summed E-state index contributed by atoms with van der Waals surface area (Å²) in [6, 6.07) is 12.8. The number of fused-ring (bicyclic) bond motifs is 1. The zero-order valence-corrected chi connectivity index (χ0v) is 19.5. The molecule has 2 aromatic carbocycles. The van der Waals surface area contributed by atoms with Crippen LogP contribution in [0.15, 0.2) is 48.5 Å². The molecule has 176 valence electrons. The van der Waals surface area contributed by atoms with Crippen LogP contribution in [0.5, 0.6) is 0 Å². The van der Waals surface area contributed by atoms with E-state index >= 15 is 0 Å². The predicted octanol–water partition coefficient (Wildman–Crippen LogP) is 3.05. The average molecular weight is 464 g/mol. The average Bonchev–Trinajstić information content (AvgIpc) is 3.23. The van der Waals surface area contributed by atoms with Crippen molar-refractivity contribution < 1.29 is 18.8 Å². The molecule has 0 saturated carbocycles. The summed E-state index contributed by atoms with van der Waals surface area (Å²) in [6.45, 7) is 5.85. The molecule has 2 N–H and O–H groups in total. The monoisotopic (exact) mass is 463 g/mol. The normalized spacial score (nSPS) is 17.3. The van der Waals surface area contributed by atoms with Gasteiger partial charge in [-0.1, -0.05) is 18.2 Å². The van der Waals surface area contributed by atoms with E-state index in [9.17, 15) is 18.8 Å². The van der Waals surface area contributed by atoms with Gasteiger partial charge < -0.3 is 15.5 Å². The van der Waals surface area contributed by atoms with Crippen molar-refractivity contribution >= 4 is 23.4 Å². The second-order valence-corrected chi connectivity index (χ2v) is 8.77. The predicted molar refractivity (Wildman–Crippen MR) is 125 cm³/mol. The Kier molecular flexibility index (Phi) is 5.95. The second kappa shape index (κ2) is 8.74. The van der Waals surface area contributed by atoms with Crippen LogP contribution in [0.25, 0.3) is 0 Å². The molecule has 3 amide bonds. The summed E-state index contributed by atoms with van der Waals surface area (Å²) in [7, 11) is 1.55. The maximum absolute atomic E-state index is 13.1. The molecule has 0 radical (unpaired) electrons. The third-order valence-electron chi connectivity index (χ3n) is 6.35. The number of hydrogen-bond acceptors (Lipinski definition) is 4. The first-order valence-electron chi connectivity index (χ1n) is 10.9. The molecule has 1 unspecified atom stereocenters. The molecule has 0 fully saturated rings. The van der Waals surface area contributed by atoms with E-state index in [4.69, 9.17) is 0 Å².